The van der Waals surface area contributed by atoms with Crippen LogP contribution in [0.1, 0.15) is 33.6 Å². The van der Waals surface area contributed by atoms with Crippen molar-refractivity contribution in [2.24, 2.45) is 0 Å². The molecule has 6 heteroatoms. The van der Waals surface area contributed by atoms with Crippen LogP contribution in [0.15, 0.2) is 91.3 Å². The second kappa shape index (κ2) is 15.3. The monoisotopic (exact) mass is 421 g/mol. The predicted octanol–water partition coefficient (Wildman–Crippen LogP) is 4.58. The van der Waals surface area contributed by atoms with Crippen LogP contribution in [-0.2, 0) is 14.2 Å². The number of pyridine rings is 1. The third-order valence-corrected chi connectivity index (χ3v) is 3.92. The Kier molecular flexibility index (Phi) is 11.8. The Hall–Kier alpha value is -3.51. The van der Waals surface area contributed by atoms with E-state index in [0.717, 1.165) is 0 Å². The number of aromatic nitrogens is 1. The molecule has 2 aromatic carbocycles. The van der Waals surface area contributed by atoms with Gasteiger partial charge in [0.15, 0.2) is 0 Å². The molecule has 0 amide bonds. The fraction of sp³-hybridized carbons (Fsp3) is 0.240. The largest absolute Gasteiger partial charge is 0.462 e. The molecule has 0 saturated carbocycles. The average Bonchev–Trinajstić information content (AvgIpc) is 2.85. The molecule has 0 fully saturated rings. The van der Waals surface area contributed by atoms with E-state index in [1.807, 2.05) is 30.3 Å². The predicted molar refractivity (Wildman–Crippen MR) is 118 cm³/mol. The molecule has 0 aliphatic rings. The topological polar surface area (TPSA) is 74.7 Å². The summed E-state index contributed by atoms with van der Waals surface area (Å²) in [6.07, 6.45) is 4.75. The van der Waals surface area contributed by atoms with Crippen molar-refractivity contribution in [3.8, 4) is 0 Å². The molecule has 0 radical (unpaired) electrons. The Morgan fingerprint density at radius 2 is 1.00 bits per heavy atom. The quantitative estimate of drug-likeness (QED) is 0.352. The molecule has 3 aromatic rings. The Labute approximate surface area is 182 Å². The fourth-order valence-electron chi connectivity index (χ4n) is 2.38. The Balaban J connectivity index is 0.000000488. The van der Waals surface area contributed by atoms with E-state index in [-0.39, 0.29) is 11.9 Å². The molecule has 3 rings (SSSR count). The molecule has 0 aliphatic carbocycles. The highest BCUT2D eigenvalue weighted by atomic mass is 16.5. The van der Waals surface area contributed by atoms with Crippen molar-refractivity contribution in [1.82, 2.24) is 4.98 Å². The van der Waals surface area contributed by atoms with Gasteiger partial charge in [-0.2, -0.15) is 0 Å². The van der Waals surface area contributed by atoms with Gasteiger partial charge in [0.25, 0.3) is 0 Å². The molecule has 6 nitrogen and oxygen atoms in total. The molecule has 0 saturated heterocycles. The van der Waals surface area contributed by atoms with E-state index in [4.69, 9.17) is 14.2 Å². The van der Waals surface area contributed by atoms with Gasteiger partial charge < -0.3 is 14.2 Å². The Morgan fingerprint density at radius 3 is 1.35 bits per heavy atom. The highest BCUT2D eigenvalue weighted by Gasteiger charge is 2.06. The lowest BCUT2D eigenvalue weighted by molar-refractivity contribution is 0.0394. The minimum Gasteiger partial charge on any atom is -0.462 e. The summed E-state index contributed by atoms with van der Waals surface area (Å²) in [6.45, 7) is 1.62. The first-order chi connectivity index (χ1) is 15.3. The van der Waals surface area contributed by atoms with E-state index in [2.05, 4.69) is 4.98 Å². The van der Waals surface area contributed by atoms with Crippen LogP contribution in [0.2, 0.25) is 0 Å². The van der Waals surface area contributed by atoms with E-state index in [1.165, 1.54) is 0 Å². The Morgan fingerprint density at radius 1 is 0.581 bits per heavy atom. The number of ether oxygens (including phenoxy) is 3. The molecule has 1 aromatic heterocycles. The third kappa shape index (κ3) is 10.7. The minimum absolute atomic E-state index is 0.316. The molecule has 0 atom stereocenters. The van der Waals surface area contributed by atoms with Crippen molar-refractivity contribution in [2.75, 3.05) is 26.4 Å². The zero-order valence-corrected chi connectivity index (χ0v) is 17.4. The van der Waals surface area contributed by atoms with Gasteiger partial charge in [-0.15, -0.1) is 0 Å². The molecule has 31 heavy (non-hydrogen) atoms. The first kappa shape index (κ1) is 23.8. The van der Waals surface area contributed by atoms with Crippen LogP contribution in [-0.4, -0.2) is 43.4 Å². The smallest absolute Gasteiger partial charge is 0.338 e. The van der Waals surface area contributed by atoms with Crippen LogP contribution < -0.4 is 0 Å². The number of benzene rings is 2. The first-order valence-electron chi connectivity index (χ1n) is 10.1. The highest BCUT2D eigenvalue weighted by Crippen LogP contribution is 2.03. The fourth-order valence-corrected chi connectivity index (χ4v) is 2.38. The van der Waals surface area contributed by atoms with E-state index >= 15 is 0 Å². The van der Waals surface area contributed by atoms with Crippen LogP contribution >= 0.6 is 0 Å². The van der Waals surface area contributed by atoms with E-state index < -0.39 is 0 Å². The normalized spacial score (nSPS) is 9.81. The second-order valence-electron chi connectivity index (χ2n) is 6.35. The molecule has 0 unspecified atom stereocenters. The van der Waals surface area contributed by atoms with Gasteiger partial charge in [-0.1, -0.05) is 42.5 Å². The number of esters is 2. The van der Waals surface area contributed by atoms with Crippen LogP contribution in [0.25, 0.3) is 0 Å². The van der Waals surface area contributed by atoms with E-state index in [9.17, 15) is 9.59 Å². The summed E-state index contributed by atoms with van der Waals surface area (Å²) in [6, 6.07) is 23.5. The van der Waals surface area contributed by atoms with Crippen LogP contribution in [0.5, 0.6) is 0 Å². The van der Waals surface area contributed by atoms with Crippen molar-refractivity contribution in [2.45, 2.75) is 12.8 Å². The number of nitrogens with zero attached hydrogens (tertiary/aromatic N) is 1. The average molecular weight is 421 g/mol. The lowest BCUT2D eigenvalue weighted by Crippen LogP contribution is -2.10. The molecule has 0 spiro atoms. The van der Waals surface area contributed by atoms with E-state index in [1.54, 1.807) is 60.9 Å². The zero-order valence-electron chi connectivity index (χ0n) is 17.4. The van der Waals surface area contributed by atoms with Crippen LogP contribution in [0.4, 0.5) is 0 Å². The summed E-state index contributed by atoms with van der Waals surface area (Å²) in [5.74, 6) is -0.651. The van der Waals surface area contributed by atoms with Gasteiger partial charge in [-0.25, -0.2) is 9.59 Å². The number of hydrogen-bond donors (Lipinski definition) is 0. The highest BCUT2D eigenvalue weighted by molar-refractivity contribution is 5.89. The molecule has 1 heterocycles. The summed E-state index contributed by atoms with van der Waals surface area (Å²) in [5, 5.41) is 0. The lowest BCUT2D eigenvalue weighted by Gasteiger charge is -2.07. The molecule has 0 N–H and O–H groups in total. The van der Waals surface area contributed by atoms with Crippen LogP contribution in [0, 0.1) is 0 Å². The molecule has 0 bridgehead atoms. The number of hydrogen-bond acceptors (Lipinski definition) is 6. The van der Waals surface area contributed by atoms with Gasteiger partial charge in [0, 0.05) is 38.4 Å². The number of carbonyl (C=O) groups is 2. The first-order valence-corrected chi connectivity index (χ1v) is 10.1. The van der Waals surface area contributed by atoms with Crippen molar-refractivity contribution < 1.29 is 23.8 Å². The van der Waals surface area contributed by atoms with Gasteiger partial charge in [0.1, 0.15) is 0 Å². The van der Waals surface area contributed by atoms with Crippen molar-refractivity contribution in [3.05, 3.63) is 102 Å². The summed E-state index contributed by atoms with van der Waals surface area (Å²) in [5.41, 5.74) is 1.09. The summed E-state index contributed by atoms with van der Waals surface area (Å²) in [7, 11) is 0. The van der Waals surface area contributed by atoms with Crippen molar-refractivity contribution in [1.29, 1.82) is 0 Å². The zero-order chi connectivity index (χ0) is 22.0. The number of carbonyl (C=O) groups excluding carboxylic acids is 2. The molecule has 0 aliphatic heterocycles. The van der Waals surface area contributed by atoms with Crippen molar-refractivity contribution >= 4 is 11.9 Å². The van der Waals surface area contributed by atoms with Gasteiger partial charge in [0.2, 0.25) is 0 Å². The van der Waals surface area contributed by atoms with Gasteiger partial charge >= 0.3 is 11.9 Å². The van der Waals surface area contributed by atoms with E-state index in [0.29, 0.717) is 50.4 Å². The van der Waals surface area contributed by atoms with Gasteiger partial charge in [-0.05, 0) is 36.4 Å². The lowest BCUT2D eigenvalue weighted by atomic mass is 10.2. The standard InChI is InChI=1S/C20H22O5.C5H5N/c21-19(17-9-3-1-4-10-17)24-15-7-13-23-14-8-16-25-20(22)18-11-5-2-6-12-18;1-2-4-6-5-3-1/h1-6,9-12H,7-8,13-16H2;1-5H. The van der Waals surface area contributed by atoms with Crippen molar-refractivity contribution in [3.63, 3.8) is 0 Å². The molecular weight excluding hydrogens is 394 g/mol. The summed E-state index contributed by atoms with van der Waals surface area (Å²) in [4.78, 5) is 27.2. The molecular formula is C25H27NO5. The van der Waals surface area contributed by atoms with Gasteiger partial charge in [0.05, 0.1) is 24.3 Å². The SMILES string of the molecule is O=C(OCCCOCCCOC(=O)c1ccccc1)c1ccccc1.c1ccncc1. The third-order valence-electron chi connectivity index (χ3n) is 3.92. The summed E-state index contributed by atoms with van der Waals surface area (Å²) >= 11 is 0. The number of rotatable bonds is 10. The molecule has 162 valence electrons. The maximum atomic E-state index is 11.7. The maximum absolute atomic E-state index is 11.7. The van der Waals surface area contributed by atoms with Crippen LogP contribution in [0.3, 0.4) is 0 Å². The van der Waals surface area contributed by atoms with Gasteiger partial charge in [-0.3, -0.25) is 4.98 Å². The minimum atomic E-state index is -0.326. The maximum Gasteiger partial charge on any atom is 0.338 e. The Bertz CT molecular complexity index is 773. The summed E-state index contributed by atoms with van der Waals surface area (Å²) < 4.78 is 15.7. The second-order valence-corrected chi connectivity index (χ2v) is 6.35.